The van der Waals surface area contributed by atoms with E-state index in [2.05, 4.69) is 5.32 Å². The molecule has 0 fully saturated rings. The van der Waals surface area contributed by atoms with E-state index in [0.29, 0.717) is 6.42 Å². The van der Waals surface area contributed by atoms with Crippen molar-refractivity contribution in [3.63, 3.8) is 0 Å². The van der Waals surface area contributed by atoms with Crippen LogP contribution in [0.25, 0.3) is 0 Å². The summed E-state index contributed by atoms with van der Waals surface area (Å²) in [7, 11) is -1.88. The minimum atomic E-state index is -3.40. The van der Waals surface area contributed by atoms with Crippen molar-refractivity contribution < 1.29 is 13.2 Å². The number of nitrogens with one attached hydrogen (secondary N) is 1. The van der Waals surface area contributed by atoms with Crippen molar-refractivity contribution in [3.05, 3.63) is 35.4 Å². The van der Waals surface area contributed by atoms with E-state index in [0.717, 1.165) is 17.4 Å². The first-order valence-electron chi connectivity index (χ1n) is 5.68. The predicted octanol–water partition coefficient (Wildman–Crippen LogP) is 0.119. The normalized spacial score (nSPS) is 20.2. The molecule has 1 aliphatic heterocycles. The summed E-state index contributed by atoms with van der Waals surface area (Å²) in [4.78, 5) is 11.8. The maximum absolute atomic E-state index is 11.8. The Morgan fingerprint density at radius 2 is 1.94 bits per heavy atom. The van der Waals surface area contributed by atoms with Crippen LogP contribution in [0.3, 0.4) is 0 Å². The van der Waals surface area contributed by atoms with E-state index in [9.17, 15) is 13.2 Å². The van der Waals surface area contributed by atoms with E-state index in [1.807, 2.05) is 24.3 Å². The number of likely N-dealkylation sites (N-methyl/N-ethyl adjacent to an activating group) is 1. The summed E-state index contributed by atoms with van der Waals surface area (Å²) in [5, 5.41) is 2.52. The lowest BCUT2D eigenvalue weighted by Gasteiger charge is -2.33. The first kappa shape index (κ1) is 13.0. The zero-order valence-electron chi connectivity index (χ0n) is 10.4. The van der Waals surface area contributed by atoms with Crippen LogP contribution in [-0.4, -0.2) is 38.0 Å². The number of hydrogen-bond donors (Lipinski definition) is 1. The maximum atomic E-state index is 11.8. The molecule has 0 spiro atoms. The molecule has 98 valence electrons. The molecule has 1 atom stereocenters. The number of carbonyl (C=O) groups is 1. The Morgan fingerprint density at radius 1 is 1.33 bits per heavy atom. The number of fused-ring (bicyclic) bond motifs is 1. The summed E-state index contributed by atoms with van der Waals surface area (Å²) in [6.07, 6.45) is 1.56. The van der Waals surface area contributed by atoms with Gasteiger partial charge in [0.25, 0.3) is 0 Å². The monoisotopic (exact) mass is 268 g/mol. The number of nitrogens with zero attached hydrogens (tertiary/aromatic N) is 1. The summed E-state index contributed by atoms with van der Waals surface area (Å²) in [6, 6.07) is 6.95. The Kier molecular flexibility index (Phi) is 3.41. The van der Waals surface area contributed by atoms with Crippen LogP contribution in [-0.2, 0) is 27.8 Å². The number of sulfonamides is 1. The molecule has 0 bridgehead atoms. The second-order valence-electron chi connectivity index (χ2n) is 4.41. The SMILES string of the molecule is CNC(=O)[C@@H]1Cc2ccccc2CN1S(C)(=O)=O. The molecule has 1 aromatic carbocycles. The molecule has 2 rings (SSSR count). The highest BCUT2D eigenvalue weighted by Gasteiger charge is 2.36. The quantitative estimate of drug-likeness (QED) is 0.828. The van der Waals surface area contributed by atoms with Gasteiger partial charge >= 0.3 is 0 Å². The molecule has 0 unspecified atom stereocenters. The van der Waals surface area contributed by atoms with Crippen molar-refractivity contribution in [1.29, 1.82) is 0 Å². The lowest BCUT2D eigenvalue weighted by atomic mass is 9.95. The molecule has 1 amide bonds. The summed E-state index contributed by atoms with van der Waals surface area (Å²) in [5.74, 6) is -0.269. The van der Waals surface area contributed by atoms with Gasteiger partial charge in [0.2, 0.25) is 15.9 Å². The van der Waals surface area contributed by atoms with Gasteiger partial charge in [0.05, 0.1) is 6.26 Å². The number of amides is 1. The van der Waals surface area contributed by atoms with E-state index in [4.69, 9.17) is 0 Å². The fourth-order valence-electron chi connectivity index (χ4n) is 2.24. The van der Waals surface area contributed by atoms with Gasteiger partial charge in [-0.1, -0.05) is 24.3 Å². The van der Waals surface area contributed by atoms with Crippen molar-refractivity contribution >= 4 is 15.9 Å². The zero-order valence-corrected chi connectivity index (χ0v) is 11.2. The number of hydrogen-bond acceptors (Lipinski definition) is 3. The molecule has 1 heterocycles. The number of rotatable bonds is 2. The molecular formula is C12H16N2O3S. The lowest BCUT2D eigenvalue weighted by Crippen LogP contribution is -2.51. The van der Waals surface area contributed by atoms with Gasteiger partial charge in [-0.05, 0) is 17.5 Å². The minimum Gasteiger partial charge on any atom is -0.358 e. The third-order valence-electron chi connectivity index (χ3n) is 3.18. The van der Waals surface area contributed by atoms with E-state index < -0.39 is 16.1 Å². The van der Waals surface area contributed by atoms with Crippen LogP contribution < -0.4 is 5.32 Å². The Morgan fingerprint density at radius 3 is 2.50 bits per heavy atom. The summed E-state index contributed by atoms with van der Waals surface area (Å²) in [5.41, 5.74) is 1.99. The average Bonchev–Trinajstić information content (AvgIpc) is 2.35. The third-order valence-corrected chi connectivity index (χ3v) is 4.42. The molecule has 18 heavy (non-hydrogen) atoms. The van der Waals surface area contributed by atoms with Crippen molar-refractivity contribution in [2.75, 3.05) is 13.3 Å². The molecule has 1 aromatic rings. The summed E-state index contributed by atoms with van der Waals surface area (Å²) in [6.45, 7) is 0.257. The Balaban J connectivity index is 2.43. The number of carbonyl (C=O) groups excluding carboxylic acids is 1. The van der Waals surface area contributed by atoms with Crippen molar-refractivity contribution in [1.82, 2.24) is 9.62 Å². The van der Waals surface area contributed by atoms with Gasteiger partial charge in [0.1, 0.15) is 6.04 Å². The Labute approximate surface area is 107 Å². The fourth-order valence-corrected chi connectivity index (χ4v) is 3.24. The second-order valence-corrected chi connectivity index (χ2v) is 6.35. The highest BCUT2D eigenvalue weighted by atomic mass is 32.2. The smallest absolute Gasteiger partial charge is 0.238 e. The third kappa shape index (κ3) is 2.39. The van der Waals surface area contributed by atoms with E-state index in [-0.39, 0.29) is 12.5 Å². The molecule has 1 aliphatic rings. The van der Waals surface area contributed by atoms with Crippen molar-refractivity contribution in [3.8, 4) is 0 Å². The van der Waals surface area contributed by atoms with Crippen LogP contribution >= 0.6 is 0 Å². The average molecular weight is 268 g/mol. The van der Waals surface area contributed by atoms with Crippen LogP contribution in [0.2, 0.25) is 0 Å². The van der Waals surface area contributed by atoms with Gasteiger partial charge in [0, 0.05) is 13.6 Å². The summed E-state index contributed by atoms with van der Waals surface area (Å²) < 4.78 is 24.8. The second kappa shape index (κ2) is 4.70. The van der Waals surface area contributed by atoms with Crippen molar-refractivity contribution in [2.45, 2.75) is 19.0 Å². The molecule has 0 aromatic heterocycles. The molecule has 0 saturated heterocycles. The van der Waals surface area contributed by atoms with E-state index in [1.54, 1.807) is 0 Å². The van der Waals surface area contributed by atoms with Crippen LogP contribution in [0.4, 0.5) is 0 Å². The number of benzene rings is 1. The predicted molar refractivity (Wildman–Crippen MR) is 68.4 cm³/mol. The van der Waals surface area contributed by atoms with Crippen LogP contribution in [0.15, 0.2) is 24.3 Å². The first-order chi connectivity index (χ1) is 8.43. The summed E-state index contributed by atoms with van der Waals surface area (Å²) >= 11 is 0. The van der Waals surface area contributed by atoms with Crippen LogP contribution in [0, 0.1) is 0 Å². The maximum Gasteiger partial charge on any atom is 0.238 e. The van der Waals surface area contributed by atoms with E-state index >= 15 is 0 Å². The van der Waals surface area contributed by atoms with Gasteiger partial charge in [-0.3, -0.25) is 4.79 Å². The van der Waals surface area contributed by atoms with Crippen LogP contribution in [0.5, 0.6) is 0 Å². The van der Waals surface area contributed by atoms with E-state index in [1.165, 1.54) is 11.4 Å². The molecular weight excluding hydrogens is 252 g/mol. The molecule has 0 radical (unpaired) electrons. The molecule has 6 heteroatoms. The van der Waals surface area contributed by atoms with Gasteiger partial charge in [0.15, 0.2) is 0 Å². The van der Waals surface area contributed by atoms with Crippen molar-refractivity contribution in [2.24, 2.45) is 0 Å². The molecule has 5 nitrogen and oxygen atoms in total. The standard InChI is InChI=1S/C12H16N2O3S/c1-13-12(15)11-7-9-5-3-4-6-10(9)8-14(11)18(2,16)17/h3-6,11H,7-8H2,1-2H3,(H,13,15)/t11-/m0/s1. The highest BCUT2D eigenvalue weighted by molar-refractivity contribution is 7.88. The Bertz CT molecular complexity index is 568. The highest BCUT2D eigenvalue weighted by Crippen LogP contribution is 2.25. The van der Waals surface area contributed by atoms with Gasteiger partial charge < -0.3 is 5.32 Å². The minimum absolute atomic E-state index is 0.257. The fraction of sp³-hybridized carbons (Fsp3) is 0.417. The zero-order chi connectivity index (χ0) is 13.3. The van der Waals surface area contributed by atoms with Gasteiger partial charge in [-0.2, -0.15) is 4.31 Å². The molecule has 0 aliphatic carbocycles. The molecule has 0 saturated carbocycles. The van der Waals surface area contributed by atoms with Gasteiger partial charge in [-0.25, -0.2) is 8.42 Å². The lowest BCUT2D eigenvalue weighted by molar-refractivity contribution is -0.124. The van der Waals surface area contributed by atoms with Crippen LogP contribution in [0.1, 0.15) is 11.1 Å². The van der Waals surface area contributed by atoms with Gasteiger partial charge in [-0.15, -0.1) is 0 Å². The molecule has 1 N–H and O–H groups in total. The largest absolute Gasteiger partial charge is 0.358 e. The Hall–Kier alpha value is -1.40. The first-order valence-corrected chi connectivity index (χ1v) is 7.53. The topological polar surface area (TPSA) is 66.5 Å².